The number of rotatable bonds is 2. The molecule has 3 nitrogen and oxygen atoms in total. The fraction of sp³-hybridized carbons (Fsp3) is 0.375. The molecule has 72 valence electrons. The molecule has 0 aromatic carbocycles. The summed E-state index contributed by atoms with van der Waals surface area (Å²) >= 11 is 11.8. The maximum Gasteiger partial charge on any atom is 0.0652 e. The molecule has 0 amide bonds. The average molecular weight is 220 g/mol. The molecule has 4 N–H and O–H groups in total. The zero-order chi connectivity index (χ0) is 10.0. The van der Waals surface area contributed by atoms with Crippen molar-refractivity contribution in [1.29, 1.82) is 0 Å². The molecular formula is C8H11Cl2N3. The Morgan fingerprint density at radius 1 is 1.23 bits per heavy atom. The molecule has 1 aromatic rings. The summed E-state index contributed by atoms with van der Waals surface area (Å²) in [6.45, 7) is 1.80. The highest BCUT2D eigenvalue weighted by Crippen LogP contribution is 2.28. The summed E-state index contributed by atoms with van der Waals surface area (Å²) < 4.78 is 0. The first kappa shape index (κ1) is 10.7. The van der Waals surface area contributed by atoms with Gasteiger partial charge in [-0.05, 0) is 6.92 Å². The summed E-state index contributed by atoms with van der Waals surface area (Å²) in [7, 11) is 0. The predicted octanol–water partition coefficient (Wildman–Crippen LogP) is 1.74. The lowest BCUT2D eigenvalue weighted by atomic mass is 10.0. The number of nitrogens with zero attached hydrogens (tertiary/aromatic N) is 1. The van der Waals surface area contributed by atoms with E-state index in [2.05, 4.69) is 4.98 Å². The van der Waals surface area contributed by atoms with E-state index < -0.39 is 0 Å². The predicted molar refractivity (Wildman–Crippen MR) is 54.8 cm³/mol. The normalized spacial score (nSPS) is 15.5. The van der Waals surface area contributed by atoms with Gasteiger partial charge in [-0.2, -0.15) is 0 Å². The van der Waals surface area contributed by atoms with Crippen LogP contribution in [0, 0.1) is 0 Å². The molecule has 5 heteroatoms. The second kappa shape index (κ2) is 4.24. The molecule has 0 fully saturated rings. The Kier molecular flexibility index (Phi) is 3.50. The lowest BCUT2D eigenvalue weighted by Gasteiger charge is -2.18. The van der Waals surface area contributed by atoms with E-state index in [1.807, 2.05) is 0 Å². The van der Waals surface area contributed by atoms with Crippen LogP contribution in [0.2, 0.25) is 10.0 Å². The third-order valence-electron chi connectivity index (χ3n) is 1.79. The summed E-state index contributed by atoms with van der Waals surface area (Å²) in [6, 6.07) is -0.555. The fourth-order valence-corrected chi connectivity index (χ4v) is 1.62. The molecule has 1 heterocycles. The minimum atomic E-state index is -0.358. The zero-order valence-corrected chi connectivity index (χ0v) is 8.68. The number of halogens is 2. The molecule has 1 rings (SSSR count). The Labute approximate surface area is 87.0 Å². The van der Waals surface area contributed by atoms with Gasteiger partial charge in [0.05, 0.1) is 10.0 Å². The average Bonchev–Trinajstić information content (AvgIpc) is 2.03. The molecule has 2 atom stereocenters. The summed E-state index contributed by atoms with van der Waals surface area (Å²) in [5.74, 6) is 0. The van der Waals surface area contributed by atoms with Crippen LogP contribution in [0.3, 0.4) is 0 Å². The first-order valence-corrected chi connectivity index (χ1v) is 4.59. The maximum absolute atomic E-state index is 5.89. The highest BCUT2D eigenvalue weighted by atomic mass is 35.5. The maximum atomic E-state index is 5.89. The van der Waals surface area contributed by atoms with Crippen molar-refractivity contribution >= 4 is 23.2 Å². The molecule has 1 aromatic heterocycles. The molecule has 0 aliphatic heterocycles. The Morgan fingerprint density at radius 3 is 2.08 bits per heavy atom. The van der Waals surface area contributed by atoms with Crippen molar-refractivity contribution in [3.8, 4) is 0 Å². The van der Waals surface area contributed by atoms with Crippen LogP contribution in [0.5, 0.6) is 0 Å². The summed E-state index contributed by atoms with van der Waals surface area (Å²) in [5.41, 5.74) is 12.1. The van der Waals surface area contributed by atoms with Gasteiger partial charge in [-0.25, -0.2) is 0 Å². The van der Waals surface area contributed by atoms with Gasteiger partial charge < -0.3 is 11.5 Å². The molecule has 0 aliphatic rings. The van der Waals surface area contributed by atoms with E-state index in [1.165, 1.54) is 12.4 Å². The molecule has 0 saturated carbocycles. The topological polar surface area (TPSA) is 64.9 Å². The summed E-state index contributed by atoms with van der Waals surface area (Å²) in [5, 5.41) is 0.912. The first-order valence-electron chi connectivity index (χ1n) is 3.84. The van der Waals surface area contributed by atoms with Gasteiger partial charge in [0.1, 0.15) is 0 Å². The number of pyridine rings is 1. The number of nitrogens with two attached hydrogens (primary N) is 2. The van der Waals surface area contributed by atoms with Crippen LogP contribution >= 0.6 is 23.2 Å². The van der Waals surface area contributed by atoms with Crippen molar-refractivity contribution in [2.45, 2.75) is 19.0 Å². The van der Waals surface area contributed by atoms with E-state index in [-0.39, 0.29) is 12.1 Å². The summed E-state index contributed by atoms with van der Waals surface area (Å²) in [4.78, 5) is 3.83. The van der Waals surface area contributed by atoms with E-state index >= 15 is 0 Å². The number of aromatic nitrogens is 1. The van der Waals surface area contributed by atoms with Crippen molar-refractivity contribution in [3.63, 3.8) is 0 Å². The highest BCUT2D eigenvalue weighted by Gasteiger charge is 2.17. The monoisotopic (exact) mass is 219 g/mol. The minimum absolute atomic E-state index is 0.197. The van der Waals surface area contributed by atoms with Gasteiger partial charge in [-0.1, -0.05) is 23.2 Å². The number of hydrogen-bond acceptors (Lipinski definition) is 3. The second-order valence-corrected chi connectivity index (χ2v) is 3.72. The molecule has 0 radical (unpaired) electrons. The Hall–Kier alpha value is -0.350. The molecule has 0 aliphatic carbocycles. The van der Waals surface area contributed by atoms with Crippen LogP contribution in [0.1, 0.15) is 18.5 Å². The second-order valence-electron chi connectivity index (χ2n) is 2.90. The number of hydrogen-bond donors (Lipinski definition) is 2. The van der Waals surface area contributed by atoms with E-state index in [0.717, 1.165) is 0 Å². The third kappa shape index (κ3) is 2.31. The summed E-state index contributed by atoms with van der Waals surface area (Å²) in [6.07, 6.45) is 3.01. The van der Waals surface area contributed by atoms with Crippen LogP contribution in [0.15, 0.2) is 12.4 Å². The smallest absolute Gasteiger partial charge is 0.0652 e. The van der Waals surface area contributed by atoms with Crippen LogP contribution < -0.4 is 11.5 Å². The Balaban J connectivity index is 3.12. The van der Waals surface area contributed by atoms with E-state index in [9.17, 15) is 0 Å². The van der Waals surface area contributed by atoms with Crippen molar-refractivity contribution in [2.24, 2.45) is 11.5 Å². The van der Waals surface area contributed by atoms with Crippen molar-refractivity contribution < 1.29 is 0 Å². The zero-order valence-electron chi connectivity index (χ0n) is 7.17. The SMILES string of the molecule is CC(N)C(N)c1c(Cl)cncc1Cl. The van der Waals surface area contributed by atoms with Gasteiger partial charge in [-0.15, -0.1) is 0 Å². The standard InChI is InChI=1S/C8H11Cl2N3/c1-4(11)8(12)7-5(9)2-13-3-6(7)10/h2-4,8H,11-12H2,1H3. The van der Waals surface area contributed by atoms with Gasteiger partial charge in [0, 0.05) is 30.0 Å². The Bertz CT molecular complexity index is 281. The first-order chi connectivity index (χ1) is 6.04. The van der Waals surface area contributed by atoms with Gasteiger partial charge in [0.15, 0.2) is 0 Å². The van der Waals surface area contributed by atoms with Crippen LogP contribution in [-0.2, 0) is 0 Å². The quantitative estimate of drug-likeness (QED) is 0.797. The third-order valence-corrected chi connectivity index (χ3v) is 2.39. The molecule has 0 spiro atoms. The molecule has 0 bridgehead atoms. The van der Waals surface area contributed by atoms with E-state index in [0.29, 0.717) is 15.6 Å². The highest BCUT2D eigenvalue weighted by molar-refractivity contribution is 6.35. The van der Waals surface area contributed by atoms with Crippen LogP contribution in [-0.4, -0.2) is 11.0 Å². The van der Waals surface area contributed by atoms with Gasteiger partial charge in [0.25, 0.3) is 0 Å². The largest absolute Gasteiger partial charge is 0.326 e. The van der Waals surface area contributed by atoms with Gasteiger partial charge in [-0.3, -0.25) is 4.98 Å². The lowest BCUT2D eigenvalue weighted by Crippen LogP contribution is -2.31. The molecule has 0 saturated heterocycles. The van der Waals surface area contributed by atoms with Gasteiger partial charge in [0.2, 0.25) is 0 Å². The van der Waals surface area contributed by atoms with E-state index in [4.69, 9.17) is 34.7 Å². The van der Waals surface area contributed by atoms with E-state index in [1.54, 1.807) is 6.92 Å². The van der Waals surface area contributed by atoms with Crippen LogP contribution in [0.4, 0.5) is 0 Å². The minimum Gasteiger partial charge on any atom is -0.326 e. The van der Waals surface area contributed by atoms with Gasteiger partial charge >= 0.3 is 0 Å². The fourth-order valence-electron chi connectivity index (χ4n) is 1.00. The lowest BCUT2D eigenvalue weighted by molar-refractivity contribution is 0.589. The van der Waals surface area contributed by atoms with Crippen molar-refractivity contribution in [2.75, 3.05) is 0 Å². The van der Waals surface area contributed by atoms with Crippen molar-refractivity contribution in [1.82, 2.24) is 4.98 Å². The Morgan fingerprint density at radius 2 is 1.69 bits per heavy atom. The van der Waals surface area contributed by atoms with Crippen molar-refractivity contribution in [3.05, 3.63) is 28.0 Å². The van der Waals surface area contributed by atoms with Crippen LogP contribution in [0.25, 0.3) is 0 Å². The molecule has 13 heavy (non-hydrogen) atoms. The molecule has 2 unspecified atom stereocenters. The molecular weight excluding hydrogens is 209 g/mol.